The normalized spacial score (nSPS) is 17.2. The molecule has 2 rings (SSSR count). The van der Waals surface area contributed by atoms with Crippen LogP contribution in [0.1, 0.15) is 31.0 Å². The van der Waals surface area contributed by atoms with Gasteiger partial charge in [0.2, 0.25) is 0 Å². The molecule has 1 aromatic heterocycles. The first-order valence-corrected chi connectivity index (χ1v) is 5.90. The highest BCUT2D eigenvalue weighted by Gasteiger charge is 2.17. The van der Waals surface area contributed by atoms with Crippen molar-refractivity contribution < 1.29 is 0 Å². The lowest BCUT2D eigenvalue weighted by Gasteiger charge is -2.31. The summed E-state index contributed by atoms with van der Waals surface area (Å²) >= 11 is 0. The van der Waals surface area contributed by atoms with E-state index in [0.717, 1.165) is 36.1 Å². The maximum absolute atomic E-state index is 5.39. The monoisotopic (exact) mass is 214 g/mol. The lowest BCUT2D eigenvalue weighted by atomic mass is 9.99. The molecule has 1 aromatic rings. The number of hydrogen-bond donors (Lipinski definition) is 0. The summed E-state index contributed by atoms with van der Waals surface area (Å²) < 4.78 is 0. The van der Waals surface area contributed by atoms with E-state index in [2.05, 4.69) is 22.7 Å². The van der Waals surface area contributed by atoms with Crippen molar-refractivity contribution in [1.82, 2.24) is 4.98 Å². The number of hydrogen-bond acceptors (Lipinski definition) is 2. The molecule has 0 amide bonds. The maximum Gasteiger partial charge on any atom is 0.128 e. The maximum atomic E-state index is 5.39. The summed E-state index contributed by atoms with van der Waals surface area (Å²) in [5, 5.41) is 0. The van der Waals surface area contributed by atoms with Gasteiger partial charge in [0.15, 0.2) is 0 Å². The molecule has 0 atom stereocenters. The van der Waals surface area contributed by atoms with Crippen molar-refractivity contribution >= 4 is 5.82 Å². The summed E-state index contributed by atoms with van der Waals surface area (Å²) in [7, 11) is 0. The summed E-state index contributed by atoms with van der Waals surface area (Å²) in [4.78, 5) is 6.93. The van der Waals surface area contributed by atoms with Gasteiger partial charge in [0.1, 0.15) is 5.82 Å². The Morgan fingerprint density at radius 2 is 2.06 bits per heavy atom. The summed E-state index contributed by atoms with van der Waals surface area (Å²) in [5.41, 5.74) is 1.85. The highest BCUT2D eigenvalue weighted by molar-refractivity contribution is 5.46. The van der Waals surface area contributed by atoms with Crippen LogP contribution in [-0.2, 0) is 0 Å². The number of terminal acetylenes is 1. The van der Waals surface area contributed by atoms with Crippen molar-refractivity contribution in [2.45, 2.75) is 26.7 Å². The topological polar surface area (TPSA) is 16.1 Å². The van der Waals surface area contributed by atoms with Crippen LogP contribution in [0.2, 0.25) is 0 Å². The molecule has 0 spiro atoms. The Hall–Kier alpha value is -1.49. The molecule has 0 saturated carbocycles. The zero-order valence-electron chi connectivity index (χ0n) is 10.0. The molecule has 2 nitrogen and oxygen atoms in total. The molecule has 1 fully saturated rings. The quantitative estimate of drug-likeness (QED) is 0.668. The van der Waals surface area contributed by atoms with Gasteiger partial charge in [-0.25, -0.2) is 4.98 Å². The third kappa shape index (κ3) is 2.19. The van der Waals surface area contributed by atoms with Crippen molar-refractivity contribution in [3.8, 4) is 12.3 Å². The molecule has 2 heteroatoms. The summed E-state index contributed by atoms with van der Waals surface area (Å²) in [6.07, 6.45) is 7.92. The van der Waals surface area contributed by atoms with Crippen LogP contribution in [0, 0.1) is 25.2 Å². The Kier molecular flexibility index (Phi) is 3.14. The fraction of sp³-hybridized carbons (Fsp3) is 0.500. The van der Waals surface area contributed by atoms with Gasteiger partial charge in [-0.3, -0.25) is 0 Å². The van der Waals surface area contributed by atoms with Crippen molar-refractivity contribution in [3.63, 3.8) is 0 Å². The number of piperidine rings is 1. The lowest BCUT2D eigenvalue weighted by Crippen LogP contribution is -2.33. The first kappa shape index (κ1) is 11.0. The summed E-state index contributed by atoms with van der Waals surface area (Å²) in [5.74, 6) is 4.57. The molecule has 0 aliphatic carbocycles. The number of anilines is 1. The van der Waals surface area contributed by atoms with E-state index >= 15 is 0 Å². The van der Waals surface area contributed by atoms with Gasteiger partial charge in [0.25, 0.3) is 0 Å². The average molecular weight is 214 g/mol. The molecule has 0 radical (unpaired) electrons. The second-order valence-electron chi connectivity index (χ2n) is 4.62. The number of rotatable bonds is 1. The fourth-order valence-electron chi connectivity index (χ4n) is 2.11. The van der Waals surface area contributed by atoms with Crippen LogP contribution in [-0.4, -0.2) is 18.1 Å². The predicted octanol–water partition coefficient (Wildman–Crippen LogP) is 2.61. The standard InChI is InChI=1S/C14H18N2/c1-4-13-5-6-14(15-12(13)3)16-9-7-11(2)8-10-16/h1,5-6,11H,7-10H2,2-3H3. The van der Waals surface area contributed by atoms with E-state index in [1.807, 2.05) is 19.1 Å². The number of aryl methyl sites for hydroxylation is 1. The minimum absolute atomic E-state index is 0.849. The molecule has 0 aromatic carbocycles. The van der Waals surface area contributed by atoms with Crippen LogP contribution >= 0.6 is 0 Å². The minimum Gasteiger partial charge on any atom is -0.357 e. The van der Waals surface area contributed by atoms with Gasteiger partial charge in [-0.15, -0.1) is 6.42 Å². The van der Waals surface area contributed by atoms with Gasteiger partial charge >= 0.3 is 0 Å². The molecule has 16 heavy (non-hydrogen) atoms. The Balaban J connectivity index is 2.16. The van der Waals surface area contributed by atoms with Crippen molar-refractivity contribution in [3.05, 3.63) is 23.4 Å². The van der Waals surface area contributed by atoms with Crippen LogP contribution in [0.15, 0.2) is 12.1 Å². The summed E-state index contributed by atoms with van der Waals surface area (Å²) in [6.45, 7) is 6.52. The molecule has 2 heterocycles. The van der Waals surface area contributed by atoms with Crippen LogP contribution in [0.4, 0.5) is 5.82 Å². The van der Waals surface area contributed by atoms with Crippen LogP contribution in [0.25, 0.3) is 0 Å². The van der Waals surface area contributed by atoms with E-state index in [0.29, 0.717) is 0 Å². The number of pyridine rings is 1. The van der Waals surface area contributed by atoms with Gasteiger partial charge in [-0.1, -0.05) is 12.8 Å². The molecule has 0 bridgehead atoms. The molecule has 84 valence electrons. The molecule has 1 aliphatic heterocycles. The zero-order chi connectivity index (χ0) is 11.5. The minimum atomic E-state index is 0.849. The Bertz CT molecular complexity index is 409. The van der Waals surface area contributed by atoms with Crippen LogP contribution in [0.5, 0.6) is 0 Å². The fourth-order valence-corrected chi connectivity index (χ4v) is 2.11. The van der Waals surface area contributed by atoms with Gasteiger partial charge in [-0.05, 0) is 37.8 Å². The van der Waals surface area contributed by atoms with Crippen LogP contribution in [0.3, 0.4) is 0 Å². The third-order valence-electron chi connectivity index (χ3n) is 3.33. The smallest absolute Gasteiger partial charge is 0.128 e. The molecule has 1 saturated heterocycles. The first-order chi connectivity index (χ1) is 7.70. The molecule has 0 N–H and O–H groups in total. The van der Waals surface area contributed by atoms with Gasteiger partial charge in [0, 0.05) is 18.7 Å². The Labute approximate surface area is 97.7 Å². The second-order valence-corrected chi connectivity index (χ2v) is 4.62. The van der Waals surface area contributed by atoms with E-state index in [1.54, 1.807) is 0 Å². The Morgan fingerprint density at radius 1 is 1.38 bits per heavy atom. The highest BCUT2D eigenvalue weighted by Crippen LogP contribution is 2.22. The lowest BCUT2D eigenvalue weighted by molar-refractivity contribution is 0.436. The predicted molar refractivity (Wildman–Crippen MR) is 67.5 cm³/mol. The second kappa shape index (κ2) is 4.57. The van der Waals surface area contributed by atoms with Crippen molar-refractivity contribution in [1.29, 1.82) is 0 Å². The third-order valence-corrected chi connectivity index (χ3v) is 3.33. The first-order valence-electron chi connectivity index (χ1n) is 5.90. The molecule has 0 unspecified atom stereocenters. The SMILES string of the molecule is C#Cc1ccc(N2CCC(C)CC2)nc1C. The molecule has 1 aliphatic rings. The van der Waals surface area contributed by atoms with E-state index in [9.17, 15) is 0 Å². The van der Waals surface area contributed by atoms with Crippen LogP contribution < -0.4 is 4.90 Å². The van der Waals surface area contributed by atoms with Gasteiger partial charge < -0.3 is 4.90 Å². The van der Waals surface area contributed by atoms with E-state index in [4.69, 9.17) is 6.42 Å². The highest BCUT2D eigenvalue weighted by atomic mass is 15.2. The summed E-state index contributed by atoms with van der Waals surface area (Å²) in [6, 6.07) is 4.04. The zero-order valence-corrected chi connectivity index (χ0v) is 10.0. The van der Waals surface area contributed by atoms with E-state index in [-0.39, 0.29) is 0 Å². The van der Waals surface area contributed by atoms with Gasteiger partial charge in [-0.2, -0.15) is 0 Å². The Morgan fingerprint density at radius 3 is 2.62 bits per heavy atom. The van der Waals surface area contributed by atoms with E-state index in [1.165, 1.54) is 12.8 Å². The van der Waals surface area contributed by atoms with E-state index < -0.39 is 0 Å². The number of nitrogens with zero attached hydrogens (tertiary/aromatic N) is 2. The number of aromatic nitrogens is 1. The van der Waals surface area contributed by atoms with Crippen molar-refractivity contribution in [2.24, 2.45) is 5.92 Å². The average Bonchev–Trinajstić information content (AvgIpc) is 2.30. The molecular formula is C14H18N2. The van der Waals surface area contributed by atoms with Crippen molar-refractivity contribution in [2.75, 3.05) is 18.0 Å². The van der Waals surface area contributed by atoms with Gasteiger partial charge in [0.05, 0.1) is 5.69 Å². The largest absolute Gasteiger partial charge is 0.357 e. The molecular weight excluding hydrogens is 196 g/mol.